The van der Waals surface area contributed by atoms with E-state index < -0.39 is 5.60 Å². The zero-order chi connectivity index (χ0) is 24.8. The van der Waals surface area contributed by atoms with E-state index in [1.54, 1.807) is 14.2 Å². The fraction of sp³-hybridized carbons (Fsp3) is 0.400. The van der Waals surface area contributed by atoms with Crippen molar-refractivity contribution < 1.29 is 19.3 Å². The van der Waals surface area contributed by atoms with Gasteiger partial charge in [-0.1, -0.05) is 68.4 Å². The maximum atomic E-state index is 10.7. The van der Waals surface area contributed by atoms with E-state index in [0.29, 0.717) is 12.6 Å². The van der Waals surface area contributed by atoms with E-state index >= 15 is 0 Å². The number of aliphatic hydroxyl groups excluding tert-OH is 1. The molecule has 0 saturated heterocycles. The average Bonchev–Trinajstić information content (AvgIpc) is 3.24. The van der Waals surface area contributed by atoms with Gasteiger partial charge in [0.05, 0.1) is 26.9 Å². The number of ether oxygens (including phenoxy) is 3. The highest BCUT2D eigenvalue weighted by atomic mass is 16.5. The Hall–Kier alpha value is -2.86. The van der Waals surface area contributed by atoms with E-state index in [4.69, 9.17) is 14.2 Å². The summed E-state index contributed by atoms with van der Waals surface area (Å²) in [6, 6.07) is 26.9. The molecular weight excluding hydrogens is 438 g/mol. The molecule has 0 aliphatic heterocycles. The Balaban J connectivity index is 1.75. The topological polar surface area (TPSA) is 60.0 Å². The minimum Gasteiger partial charge on any atom is -0.497 e. The van der Waals surface area contributed by atoms with Gasteiger partial charge in [-0.25, -0.2) is 0 Å². The molecule has 5 nitrogen and oxygen atoms in total. The van der Waals surface area contributed by atoms with Crippen molar-refractivity contribution >= 4 is 0 Å². The number of rotatable bonds is 10. The van der Waals surface area contributed by atoms with Crippen LogP contribution >= 0.6 is 0 Å². The van der Waals surface area contributed by atoms with Crippen LogP contribution in [0.25, 0.3) is 0 Å². The number of nitrogens with one attached hydrogen (secondary N) is 1. The molecule has 3 unspecified atom stereocenters. The first-order chi connectivity index (χ1) is 17.0. The lowest BCUT2D eigenvalue weighted by atomic mass is 9.80. The van der Waals surface area contributed by atoms with Gasteiger partial charge in [0.25, 0.3) is 0 Å². The van der Waals surface area contributed by atoms with Crippen LogP contribution in [0, 0.1) is 5.92 Å². The average molecular weight is 476 g/mol. The van der Waals surface area contributed by atoms with Gasteiger partial charge in [0.15, 0.2) is 0 Å². The highest BCUT2D eigenvalue weighted by molar-refractivity contribution is 5.49. The van der Waals surface area contributed by atoms with Crippen molar-refractivity contribution in [1.29, 1.82) is 0 Å². The fourth-order valence-electron chi connectivity index (χ4n) is 5.18. The number of methoxy groups -OCH3 is 2. The molecule has 4 rings (SSSR count). The third-order valence-corrected chi connectivity index (χ3v) is 6.88. The summed E-state index contributed by atoms with van der Waals surface area (Å²) in [6.07, 6.45) is 1.25. The van der Waals surface area contributed by atoms with Crippen LogP contribution in [0.2, 0.25) is 0 Å². The molecule has 1 saturated carbocycles. The van der Waals surface area contributed by atoms with Crippen LogP contribution in [0.1, 0.15) is 43.4 Å². The van der Waals surface area contributed by atoms with Crippen LogP contribution in [0.5, 0.6) is 11.5 Å². The number of aliphatic hydroxyl groups is 1. The minimum absolute atomic E-state index is 0.0942. The normalized spacial score (nSPS) is 20.2. The Morgan fingerprint density at radius 2 is 1.31 bits per heavy atom. The zero-order valence-electron chi connectivity index (χ0n) is 21.1. The predicted molar refractivity (Wildman–Crippen MR) is 139 cm³/mol. The molecule has 0 heterocycles. The van der Waals surface area contributed by atoms with Gasteiger partial charge in [0.1, 0.15) is 17.1 Å². The Labute approximate surface area is 209 Å². The van der Waals surface area contributed by atoms with E-state index in [1.807, 2.05) is 42.5 Å². The lowest BCUT2D eigenvalue weighted by Gasteiger charge is -2.37. The Bertz CT molecular complexity index is 1000. The van der Waals surface area contributed by atoms with Gasteiger partial charge in [-0.2, -0.15) is 0 Å². The molecule has 2 N–H and O–H groups in total. The zero-order valence-corrected chi connectivity index (χ0v) is 21.1. The second-order valence-electron chi connectivity index (χ2n) is 9.65. The molecule has 0 amide bonds. The van der Waals surface area contributed by atoms with Gasteiger partial charge in [-0.15, -0.1) is 0 Å². The van der Waals surface area contributed by atoms with E-state index in [0.717, 1.165) is 41.0 Å². The summed E-state index contributed by atoms with van der Waals surface area (Å²) >= 11 is 0. The molecule has 0 bridgehead atoms. The van der Waals surface area contributed by atoms with E-state index in [-0.39, 0.29) is 18.1 Å². The summed E-state index contributed by atoms with van der Waals surface area (Å²) in [5.74, 6) is 1.85. The second kappa shape index (κ2) is 11.3. The lowest BCUT2D eigenvalue weighted by molar-refractivity contribution is -0.00919. The van der Waals surface area contributed by atoms with Crippen LogP contribution in [0.3, 0.4) is 0 Å². The van der Waals surface area contributed by atoms with Crippen LogP contribution in [-0.4, -0.2) is 44.1 Å². The first kappa shape index (κ1) is 25.2. The summed E-state index contributed by atoms with van der Waals surface area (Å²) in [7, 11) is 3.35. The molecular formula is C30H37NO4. The summed E-state index contributed by atoms with van der Waals surface area (Å²) in [5.41, 5.74) is 2.26. The maximum Gasteiger partial charge on any atom is 0.143 e. The van der Waals surface area contributed by atoms with Crippen molar-refractivity contribution in [2.24, 2.45) is 5.92 Å². The van der Waals surface area contributed by atoms with E-state index in [1.165, 1.54) is 0 Å². The van der Waals surface area contributed by atoms with Crippen molar-refractivity contribution in [2.45, 2.75) is 50.5 Å². The fourth-order valence-corrected chi connectivity index (χ4v) is 5.18. The molecule has 0 radical (unpaired) electrons. The second-order valence-corrected chi connectivity index (χ2v) is 9.65. The first-order valence-corrected chi connectivity index (χ1v) is 12.4. The van der Waals surface area contributed by atoms with Crippen molar-refractivity contribution in [3.8, 4) is 11.5 Å². The molecule has 186 valence electrons. The van der Waals surface area contributed by atoms with Crippen molar-refractivity contribution in [1.82, 2.24) is 5.32 Å². The summed E-state index contributed by atoms with van der Waals surface area (Å²) < 4.78 is 17.9. The monoisotopic (exact) mass is 475 g/mol. The van der Waals surface area contributed by atoms with Crippen molar-refractivity contribution in [2.75, 3.05) is 20.8 Å². The van der Waals surface area contributed by atoms with Gasteiger partial charge >= 0.3 is 0 Å². The van der Waals surface area contributed by atoms with Gasteiger partial charge in [0, 0.05) is 12.1 Å². The van der Waals surface area contributed by atoms with Gasteiger partial charge in [-0.05, 0) is 59.7 Å². The minimum atomic E-state index is -0.825. The molecule has 3 aromatic rings. The summed E-state index contributed by atoms with van der Waals surface area (Å²) in [4.78, 5) is 0. The molecule has 0 aromatic heterocycles. The largest absolute Gasteiger partial charge is 0.497 e. The summed E-state index contributed by atoms with van der Waals surface area (Å²) in [5, 5.41) is 14.2. The van der Waals surface area contributed by atoms with Gasteiger partial charge < -0.3 is 24.6 Å². The molecule has 3 aromatic carbocycles. The van der Waals surface area contributed by atoms with Crippen LogP contribution in [0.15, 0.2) is 78.9 Å². The molecule has 1 fully saturated rings. The Morgan fingerprint density at radius 1 is 0.800 bits per heavy atom. The number of hydrogen-bond donors (Lipinski definition) is 2. The van der Waals surface area contributed by atoms with E-state index in [2.05, 4.69) is 55.6 Å². The third kappa shape index (κ3) is 5.53. The van der Waals surface area contributed by atoms with Crippen LogP contribution in [-0.2, 0) is 10.3 Å². The maximum absolute atomic E-state index is 10.7. The SMILES string of the molecule is COc1ccc(C(OCC2CC(O)C(NC(C)C)C2)(c2ccccc2)c2ccc(OC)cc2)cc1. The molecule has 35 heavy (non-hydrogen) atoms. The third-order valence-electron chi connectivity index (χ3n) is 6.88. The predicted octanol–water partition coefficient (Wildman–Crippen LogP) is 5.15. The number of hydrogen-bond acceptors (Lipinski definition) is 5. The van der Waals surface area contributed by atoms with Crippen LogP contribution < -0.4 is 14.8 Å². The Kier molecular flexibility index (Phi) is 8.11. The molecule has 1 aliphatic carbocycles. The quantitative estimate of drug-likeness (QED) is 0.397. The Morgan fingerprint density at radius 3 is 1.80 bits per heavy atom. The smallest absolute Gasteiger partial charge is 0.143 e. The summed E-state index contributed by atoms with van der Waals surface area (Å²) in [6.45, 7) is 4.76. The lowest BCUT2D eigenvalue weighted by Crippen LogP contribution is -2.39. The highest BCUT2D eigenvalue weighted by Gasteiger charge is 2.40. The van der Waals surface area contributed by atoms with Gasteiger partial charge in [-0.3, -0.25) is 0 Å². The molecule has 3 atom stereocenters. The highest BCUT2D eigenvalue weighted by Crippen LogP contribution is 2.43. The van der Waals surface area contributed by atoms with Gasteiger partial charge in [0.2, 0.25) is 0 Å². The number of benzene rings is 3. The van der Waals surface area contributed by atoms with E-state index in [9.17, 15) is 5.11 Å². The molecule has 5 heteroatoms. The molecule has 0 spiro atoms. The van der Waals surface area contributed by atoms with Crippen molar-refractivity contribution in [3.05, 3.63) is 95.6 Å². The molecule has 1 aliphatic rings. The van der Waals surface area contributed by atoms with Crippen LogP contribution in [0.4, 0.5) is 0 Å². The first-order valence-electron chi connectivity index (χ1n) is 12.4. The van der Waals surface area contributed by atoms with Crippen molar-refractivity contribution in [3.63, 3.8) is 0 Å². The standard InChI is InChI=1S/C30H37NO4/c1-21(2)31-28-18-22(19-29(28)32)20-35-30(23-8-6-5-7-9-23,24-10-14-26(33-3)15-11-24)25-12-16-27(34-4)17-13-25/h5-17,21-22,28-29,31-32H,18-20H2,1-4H3.